The Morgan fingerprint density at radius 3 is 2.63 bits per heavy atom. The molecule has 1 N–H and O–H groups in total. The summed E-state index contributed by atoms with van der Waals surface area (Å²) in [5.41, 5.74) is 3.26. The van der Waals surface area contributed by atoms with Gasteiger partial charge in [-0.15, -0.1) is 0 Å². The highest BCUT2D eigenvalue weighted by atomic mass is 32.2. The van der Waals surface area contributed by atoms with Crippen LogP contribution in [-0.4, -0.2) is 19.0 Å². The van der Waals surface area contributed by atoms with Crippen LogP contribution in [0.3, 0.4) is 0 Å². The van der Waals surface area contributed by atoms with Gasteiger partial charge >= 0.3 is 0 Å². The highest BCUT2D eigenvalue weighted by Gasteiger charge is 2.27. The third-order valence-electron chi connectivity index (χ3n) is 4.91. The normalized spacial score (nSPS) is 16.4. The number of nitrogens with zero attached hydrogens (tertiary/aromatic N) is 2. The summed E-state index contributed by atoms with van der Waals surface area (Å²) in [5.74, 6) is -0.471. The molecule has 27 heavy (non-hydrogen) atoms. The van der Waals surface area contributed by atoms with Crippen LogP contribution < -0.4 is 4.72 Å². The molecule has 0 saturated carbocycles. The van der Waals surface area contributed by atoms with Gasteiger partial charge in [0.2, 0.25) is 10.0 Å². The van der Waals surface area contributed by atoms with E-state index in [2.05, 4.69) is 15.4 Å². The number of rotatable bonds is 5. The average molecular weight is 383 g/mol. The number of nitrogens with one attached hydrogen (secondary N) is 1. The third kappa shape index (κ3) is 3.34. The summed E-state index contributed by atoms with van der Waals surface area (Å²) in [6, 6.07) is 12.7. The second kappa shape index (κ2) is 6.80. The maximum absolute atomic E-state index is 13.1. The van der Waals surface area contributed by atoms with Crippen molar-refractivity contribution >= 4 is 20.9 Å². The van der Waals surface area contributed by atoms with Gasteiger partial charge in [-0.2, -0.15) is 5.26 Å². The molecule has 1 atom stereocenters. The molecule has 3 aromatic rings. The smallest absolute Gasteiger partial charge is 0.240 e. The maximum Gasteiger partial charge on any atom is 0.240 e. The Morgan fingerprint density at radius 2 is 1.89 bits per heavy atom. The quantitative estimate of drug-likeness (QED) is 0.735. The highest BCUT2D eigenvalue weighted by Crippen LogP contribution is 2.32. The van der Waals surface area contributed by atoms with Gasteiger partial charge in [-0.25, -0.2) is 17.5 Å². The molecule has 1 unspecified atom stereocenters. The molecule has 1 aliphatic rings. The monoisotopic (exact) mass is 383 g/mol. The van der Waals surface area contributed by atoms with Gasteiger partial charge < -0.3 is 4.57 Å². The zero-order valence-electron chi connectivity index (χ0n) is 14.5. The molecule has 1 aromatic heterocycles. The minimum atomic E-state index is -3.72. The number of hydrogen-bond acceptors (Lipinski definition) is 3. The van der Waals surface area contributed by atoms with Crippen LogP contribution in [0.2, 0.25) is 0 Å². The summed E-state index contributed by atoms with van der Waals surface area (Å²) < 4.78 is 43.2. The van der Waals surface area contributed by atoms with Crippen LogP contribution >= 0.6 is 0 Å². The van der Waals surface area contributed by atoms with E-state index in [1.165, 1.54) is 12.1 Å². The summed E-state index contributed by atoms with van der Waals surface area (Å²) in [4.78, 5) is 0.0551. The molecular formula is C20H18FN3O2S. The first-order valence-corrected chi connectivity index (χ1v) is 10.2. The number of halogens is 1. The molecular weight excluding hydrogens is 365 g/mol. The number of benzene rings is 2. The molecule has 0 aliphatic heterocycles. The Kier molecular flexibility index (Phi) is 4.46. The number of aryl methyl sites for hydroxylation is 1. The summed E-state index contributed by atoms with van der Waals surface area (Å²) in [6.45, 7) is 0.614. The van der Waals surface area contributed by atoms with Gasteiger partial charge in [-0.05, 0) is 54.3 Å². The van der Waals surface area contributed by atoms with Crippen molar-refractivity contribution < 1.29 is 12.8 Å². The lowest BCUT2D eigenvalue weighted by molar-refractivity contribution is 0.540. The van der Waals surface area contributed by atoms with Crippen molar-refractivity contribution in [2.24, 2.45) is 0 Å². The van der Waals surface area contributed by atoms with Crippen molar-refractivity contribution in [3.63, 3.8) is 0 Å². The van der Waals surface area contributed by atoms with Crippen LogP contribution in [0.15, 0.2) is 53.6 Å². The molecule has 138 valence electrons. The van der Waals surface area contributed by atoms with Crippen LogP contribution in [0, 0.1) is 17.1 Å². The van der Waals surface area contributed by atoms with Crippen molar-refractivity contribution in [1.82, 2.24) is 9.29 Å². The van der Waals surface area contributed by atoms with E-state index < -0.39 is 15.8 Å². The number of sulfonamides is 1. The van der Waals surface area contributed by atoms with E-state index in [1.54, 1.807) is 0 Å². The van der Waals surface area contributed by atoms with Crippen LogP contribution in [0.4, 0.5) is 4.39 Å². The third-order valence-corrected chi connectivity index (χ3v) is 6.45. The van der Waals surface area contributed by atoms with E-state index in [9.17, 15) is 12.8 Å². The number of hydrogen-bond donors (Lipinski definition) is 1. The molecule has 0 radical (unpaired) electrons. The standard InChI is InChI=1S/C20H18FN3O2S/c21-16-5-7-18(8-6-16)27(25,26)23-17-11-14-3-1-4-19-20(14)15(12-17)13-24(19)10-2-9-22/h1,3-8,13,17,23H,2,10-12H2. The summed E-state index contributed by atoms with van der Waals surface area (Å²) in [5, 5.41) is 10.0. The lowest BCUT2D eigenvalue weighted by Gasteiger charge is -2.23. The second-order valence-corrected chi connectivity index (χ2v) is 8.46. The average Bonchev–Trinajstić information content (AvgIpc) is 2.99. The van der Waals surface area contributed by atoms with Gasteiger partial charge in [0.15, 0.2) is 0 Å². The van der Waals surface area contributed by atoms with Crippen molar-refractivity contribution in [3.05, 3.63) is 65.6 Å². The Bertz CT molecular complexity index is 1140. The molecule has 1 heterocycles. The Morgan fingerprint density at radius 1 is 1.15 bits per heavy atom. The number of nitriles is 1. The van der Waals surface area contributed by atoms with E-state index in [1.807, 2.05) is 24.4 Å². The second-order valence-electron chi connectivity index (χ2n) is 6.75. The molecule has 0 amide bonds. The van der Waals surface area contributed by atoms with Gasteiger partial charge in [0.25, 0.3) is 0 Å². The summed E-state index contributed by atoms with van der Waals surface area (Å²) in [6.07, 6.45) is 3.61. The topological polar surface area (TPSA) is 74.9 Å². The molecule has 2 aromatic carbocycles. The van der Waals surface area contributed by atoms with E-state index in [0.29, 0.717) is 25.8 Å². The van der Waals surface area contributed by atoms with Crippen LogP contribution in [-0.2, 0) is 29.4 Å². The van der Waals surface area contributed by atoms with Crippen molar-refractivity contribution in [3.8, 4) is 6.07 Å². The lowest BCUT2D eigenvalue weighted by atomic mass is 9.90. The molecule has 0 spiro atoms. The first-order valence-electron chi connectivity index (χ1n) is 8.72. The predicted octanol–water partition coefficient (Wildman–Crippen LogP) is 3.14. The number of aromatic nitrogens is 1. The molecule has 1 aliphatic carbocycles. The van der Waals surface area contributed by atoms with Crippen molar-refractivity contribution in [2.45, 2.75) is 36.7 Å². The summed E-state index contributed by atoms with van der Waals surface area (Å²) in [7, 11) is -3.72. The first-order chi connectivity index (χ1) is 13.0. The molecule has 4 rings (SSSR count). The van der Waals surface area contributed by atoms with Gasteiger partial charge in [-0.1, -0.05) is 12.1 Å². The van der Waals surface area contributed by atoms with E-state index >= 15 is 0 Å². The van der Waals surface area contributed by atoms with E-state index in [0.717, 1.165) is 34.2 Å². The predicted molar refractivity (Wildman–Crippen MR) is 100 cm³/mol. The minimum Gasteiger partial charge on any atom is -0.346 e. The SMILES string of the molecule is N#CCCn1cc2c3c(cccc31)CC(NS(=O)(=O)c1ccc(F)cc1)C2. The fraction of sp³-hybridized carbons (Fsp3) is 0.250. The van der Waals surface area contributed by atoms with Crippen LogP contribution in [0.25, 0.3) is 10.9 Å². The molecule has 5 nitrogen and oxygen atoms in total. The Labute approximate surface area is 157 Å². The van der Waals surface area contributed by atoms with E-state index in [4.69, 9.17) is 5.26 Å². The van der Waals surface area contributed by atoms with Crippen molar-refractivity contribution in [2.75, 3.05) is 0 Å². The van der Waals surface area contributed by atoms with Gasteiger partial charge in [-0.3, -0.25) is 0 Å². The van der Waals surface area contributed by atoms with Gasteiger partial charge in [0.1, 0.15) is 5.82 Å². The highest BCUT2D eigenvalue weighted by molar-refractivity contribution is 7.89. The van der Waals surface area contributed by atoms with E-state index in [-0.39, 0.29) is 10.9 Å². The molecule has 7 heteroatoms. The molecule has 0 bridgehead atoms. The maximum atomic E-state index is 13.1. The van der Waals surface area contributed by atoms with Crippen LogP contribution in [0.5, 0.6) is 0 Å². The van der Waals surface area contributed by atoms with Gasteiger partial charge in [0, 0.05) is 29.7 Å². The molecule has 0 saturated heterocycles. The fourth-order valence-electron chi connectivity index (χ4n) is 3.79. The Hall–Kier alpha value is -2.69. The lowest BCUT2D eigenvalue weighted by Crippen LogP contribution is -2.39. The summed E-state index contributed by atoms with van der Waals surface area (Å²) >= 11 is 0. The van der Waals surface area contributed by atoms with Gasteiger partial charge in [0.05, 0.1) is 17.4 Å². The first kappa shape index (κ1) is 17.7. The minimum absolute atomic E-state index is 0.0551. The zero-order valence-corrected chi connectivity index (χ0v) is 15.3. The molecule has 0 fully saturated rings. The fourth-order valence-corrected chi connectivity index (χ4v) is 5.02. The largest absolute Gasteiger partial charge is 0.346 e. The Balaban J connectivity index is 1.62. The van der Waals surface area contributed by atoms with Crippen LogP contribution in [0.1, 0.15) is 17.5 Å². The van der Waals surface area contributed by atoms with Crippen molar-refractivity contribution in [1.29, 1.82) is 5.26 Å². The zero-order chi connectivity index (χ0) is 19.0.